The summed E-state index contributed by atoms with van der Waals surface area (Å²) in [5.41, 5.74) is 1.82. The maximum Gasteiger partial charge on any atom is 0.153 e. The standard InChI is InChI=1S/C14H15FN2O/c1-14(2,3)13-10(9-18)8-17(16-13)12-6-4-11(15)5-7-12/h4-9H,1-3H3. The van der Waals surface area contributed by atoms with Crippen LogP contribution >= 0.6 is 0 Å². The van der Waals surface area contributed by atoms with Gasteiger partial charge in [-0.15, -0.1) is 0 Å². The van der Waals surface area contributed by atoms with Crippen LogP contribution < -0.4 is 0 Å². The van der Waals surface area contributed by atoms with E-state index in [9.17, 15) is 9.18 Å². The molecule has 0 aliphatic heterocycles. The zero-order valence-corrected chi connectivity index (χ0v) is 10.6. The highest BCUT2D eigenvalue weighted by Gasteiger charge is 2.22. The molecular weight excluding hydrogens is 231 g/mol. The van der Waals surface area contributed by atoms with Crippen LogP contribution in [0.1, 0.15) is 36.8 Å². The number of carbonyl (C=O) groups is 1. The van der Waals surface area contributed by atoms with Gasteiger partial charge in [-0.2, -0.15) is 5.10 Å². The minimum atomic E-state index is -0.294. The lowest BCUT2D eigenvalue weighted by Crippen LogP contribution is -2.14. The zero-order chi connectivity index (χ0) is 13.3. The third kappa shape index (κ3) is 2.32. The molecule has 0 spiro atoms. The Morgan fingerprint density at radius 2 is 1.83 bits per heavy atom. The Bertz CT molecular complexity index is 564. The van der Waals surface area contributed by atoms with E-state index in [0.29, 0.717) is 5.56 Å². The molecule has 1 aromatic heterocycles. The molecular formula is C14H15FN2O. The van der Waals surface area contributed by atoms with E-state index in [1.807, 2.05) is 20.8 Å². The zero-order valence-electron chi connectivity index (χ0n) is 10.6. The van der Waals surface area contributed by atoms with Gasteiger partial charge in [-0.1, -0.05) is 20.8 Å². The van der Waals surface area contributed by atoms with Crippen molar-refractivity contribution in [2.24, 2.45) is 0 Å². The fourth-order valence-corrected chi connectivity index (χ4v) is 1.78. The Balaban J connectivity index is 2.50. The monoisotopic (exact) mass is 246 g/mol. The van der Waals surface area contributed by atoms with Gasteiger partial charge in [0.15, 0.2) is 6.29 Å². The fraction of sp³-hybridized carbons (Fsp3) is 0.286. The maximum absolute atomic E-state index is 12.9. The first kappa shape index (κ1) is 12.5. The van der Waals surface area contributed by atoms with Crippen LogP contribution in [0.3, 0.4) is 0 Å². The number of nitrogens with zero attached hydrogens (tertiary/aromatic N) is 2. The lowest BCUT2D eigenvalue weighted by molar-refractivity contribution is 0.112. The molecule has 94 valence electrons. The van der Waals surface area contributed by atoms with Gasteiger partial charge in [-0.25, -0.2) is 9.07 Å². The van der Waals surface area contributed by atoms with Gasteiger partial charge in [-0.3, -0.25) is 4.79 Å². The molecule has 2 rings (SSSR count). The van der Waals surface area contributed by atoms with Crippen molar-refractivity contribution < 1.29 is 9.18 Å². The van der Waals surface area contributed by atoms with E-state index in [4.69, 9.17) is 0 Å². The summed E-state index contributed by atoms with van der Waals surface area (Å²) in [4.78, 5) is 11.1. The average Bonchev–Trinajstić information content (AvgIpc) is 2.73. The summed E-state index contributed by atoms with van der Waals surface area (Å²) in [6.07, 6.45) is 2.47. The topological polar surface area (TPSA) is 34.9 Å². The second kappa shape index (κ2) is 4.37. The minimum Gasteiger partial charge on any atom is -0.298 e. The van der Waals surface area contributed by atoms with Crippen molar-refractivity contribution in [3.63, 3.8) is 0 Å². The van der Waals surface area contributed by atoms with Gasteiger partial charge in [0.25, 0.3) is 0 Å². The van der Waals surface area contributed by atoms with E-state index < -0.39 is 0 Å². The Morgan fingerprint density at radius 1 is 1.22 bits per heavy atom. The number of aldehydes is 1. The number of carbonyl (C=O) groups excluding carboxylic acids is 1. The third-order valence-electron chi connectivity index (χ3n) is 2.67. The Morgan fingerprint density at radius 3 is 2.28 bits per heavy atom. The first-order valence-corrected chi connectivity index (χ1v) is 5.73. The molecule has 0 atom stereocenters. The molecule has 0 saturated heterocycles. The molecule has 0 aliphatic carbocycles. The summed E-state index contributed by atoms with van der Waals surface area (Å²) >= 11 is 0. The summed E-state index contributed by atoms with van der Waals surface area (Å²) in [5, 5.41) is 4.42. The average molecular weight is 246 g/mol. The van der Waals surface area contributed by atoms with Crippen molar-refractivity contribution >= 4 is 6.29 Å². The SMILES string of the molecule is CC(C)(C)c1nn(-c2ccc(F)cc2)cc1C=O. The van der Waals surface area contributed by atoms with E-state index in [1.54, 1.807) is 23.0 Å². The van der Waals surface area contributed by atoms with Gasteiger partial charge in [-0.05, 0) is 24.3 Å². The van der Waals surface area contributed by atoms with E-state index in [0.717, 1.165) is 17.7 Å². The molecule has 0 fully saturated rings. The van der Waals surface area contributed by atoms with Crippen molar-refractivity contribution in [2.45, 2.75) is 26.2 Å². The van der Waals surface area contributed by atoms with E-state index >= 15 is 0 Å². The van der Waals surface area contributed by atoms with Gasteiger partial charge >= 0.3 is 0 Å². The van der Waals surface area contributed by atoms with Crippen molar-refractivity contribution in [3.8, 4) is 5.69 Å². The number of halogens is 1. The molecule has 3 nitrogen and oxygen atoms in total. The molecule has 0 amide bonds. The fourth-order valence-electron chi connectivity index (χ4n) is 1.78. The summed E-state index contributed by atoms with van der Waals surface area (Å²) in [6.45, 7) is 5.99. The Kier molecular flexibility index (Phi) is 3.03. The van der Waals surface area contributed by atoms with E-state index in [1.165, 1.54) is 12.1 Å². The molecule has 0 saturated carbocycles. The number of hydrogen-bond donors (Lipinski definition) is 0. The molecule has 1 heterocycles. The van der Waals surface area contributed by atoms with Crippen LogP contribution in [0, 0.1) is 5.82 Å². The van der Waals surface area contributed by atoms with Gasteiger partial charge < -0.3 is 0 Å². The maximum atomic E-state index is 12.9. The van der Waals surface area contributed by atoms with Crippen molar-refractivity contribution in [3.05, 3.63) is 47.5 Å². The van der Waals surface area contributed by atoms with Gasteiger partial charge in [0.2, 0.25) is 0 Å². The Labute approximate surface area is 105 Å². The Hall–Kier alpha value is -1.97. The van der Waals surface area contributed by atoms with Crippen LogP contribution in [-0.2, 0) is 5.41 Å². The first-order valence-electron chi connectivity index (χ1n) is 5.73. The van der Waals surface area contributed by atoms with Gasteiger partial charge in [0, 0.05) is 11.6 Å². The van der Waals surface area contributed by atoms with Crippen LogP contribution in [0.5, 0.6) is 0 Å². The van der Waals surface area contributed by atoms with Crippen molar-refractivity contribution in [1.29, 1.82) is 0 Å². The number of rotatable bonds is 2. The summed E-state index contributed by atoms with van der Waals surface area (Å²) in [5.74, 6) is -0.294. The molecule has 0 radical (unpaired) electrons. The second-order valence-electron chi connectivity index (χ2n) is 5.22. The van der Waals surface area contributed by atoms with Crippen molar-refractivity contribution in [1.82, 2.24) is 9.78 Å². The quantitative estimate of drug-likeness (QED) is 0.763. The molecule has 18 heavy (non-hydrogen) atoms. The van der Waals surface area contributed by atoms with Crippen molar-refractivity contribution in [2.75, 3.05) is 0 Å². The highest BCUT2D eigenvalue weighted by Crippen LogP contribution is 2.24. The number of aromatic nitrogens is 2. The summed E-state index contributed by atoms with van der Waals surface area (Å²) in [6, 6.07) is 6.00. The van der Waals surface area contributed by atoms with Gasteiger partial charge in [0.1, 0.15) is 5.82 Å². The molecule has 0 bridgehead atoms. The van der Waals surface area contributed by atoms with Gasteiger partial charge in [0.05, 0.1) is 16.9 Å². The molecule has 2 aromatic rings. The largest absolute Gasteiger partial charge is 0.298 e. The molecule has 0 aliphatic rings. The third-order valence-corrected chi connectivity index (χ3v) is 2.67. The van der Waals surface area contributed by atoms with Crippen LogP contribution in [0.25, 0.3) is 5.69 Å². The van der Waals surface area contributed by atoms with E-state index in [2.05, 4.69) is 5.10 Å². The molecule has 0 N–H and O–H groups in total. The predicted molar refractivity (Wildman–Crippen MR) is 67.6 cm³/mol. The second-order valence-corrected chi connectivity index (χ2v) is 5.22. The lowest BCUT2D eigenvalue weighted by atomic mass is 9.90. The van der Waals surface area contributed by atoms with Crippen LogP contribution in [-0.4, -0.2) is 16.1 Å². The minimum absolute atomic E-state index is 0.207. The first-order chi connectivity index (χ1) is 8.41. The highest BCUT2D eigenvalue weighted by atomic mass is 19.1. The lowest BCUT2D eigenvalue weighted by Gasteiger charge is -2.15. The smallest absolute Gasteiger partial charge is 0.153 e. The molecule has 1 aromatic carbocycles. The summed E-state index contributed by atoms with van der Waals surface area (Å²) < 4.78 is 14.5. The predicted octanol–water partition coefficient (Wildman–Crippen LogP) is 3.12. The number of benzene rings is 1. The van der Waals surface area contributed by atoms with Crippen LogP contribution in [0.4, 0.5) is 4.39 Å². The normalized spacial score (nSPS) is 11.6. The number of hydrogen-bond acceptors (Lipinski definition) is 2. The highest BCUT2D eigenvalue weighted by molar-refractivity contribution is 5.76. The van der Waals surface area contributed by atoms with Crippen LogP contribution in [0.2, 0.25) is 0 Å². The molecule has 0 unspecified atom stereocenters. The van der Waals surface area contributed by atoms with Crippen LogP contribution in [0.15, 0.2) is 30.5 Å². The molecule has 4 heteroatoms. The van der Waals surface area contributed by atoms with E-state index in [-0.39, 0.29) is 11.2 Å². The summed E-state index contributed by atoms with van der Waals surface area (Å²) in [7, 11) is 0.